The Labute approximate surface area is 139 Å². The van der Waals surface area contributed by atoms with E-state index in [1.54, 1.807) is 6.08 Å². The van der Waals surface area contributed by atoms with Crippen LogP contribution in [0.4, 0.5) is 0 Å². The molecule has 4 rings (SSSR count). The van der Waals surface area contributed by atoms with Crippen LogP contribution in [0.1, 0.15) is 65.2 Å². The summed E-state index contributed by atoms with van der Waals surface area (Å²) in [6.07, 6.45) is 11.4. The number of amides is 1. The van der Waals surface area contributed by atoms with Crippen molar-refractivity contribution in [3.8, 4) is 0 Å². The summed E-state index contributed by atoms with van der Waals surface area (Å²) in [7, 11) is 0. The third kappa shape index (κ3) is 2.08. The van der Waals surface area contributed by atoms with Crippen molar-refractivity contribution < 1.29 is 9.59 Å². The Bertz CT molecular complexity index is 594. The van der Waals surface area contributed by atoms with Gasteiger partial charge < -0.3 is 5.73 Å². The second-order valence-electron chi connectivity index (χ2n) is 9.15. The number of ketones is 1. The molecule has 0 aromatic carbocycles. The van der Waals surface area contributed by atoms with Crippen molar-refractivity contribution >= 4 is 11.7 Å². The molecule has 23 heavy (non-hydrogen) atoms. The van der Waals surface area contributed by atoms with Gasteiger partial charge in [0.15, 0.2) is 5.78 Å². The molecule has 0 heterocycles. The molecule has 2 N–H and O–H groups in total. The number of nitrogens with two attached hydrogens (primary N) is 1. The molecule has 3 nitrogen and oxygen atoms in total. The molecule has 0 aromatic rings. The number of allylic oxidation sites excluding steroid dienone is 1. The maximum atomic E-state index is 12.2. The summed E-state index contributed by atoms with van der Waals surface area (Å²) in [5.74, 6) is 1.18. The van der Waals surface area contributed by atoms with E-state index in [9.17, 15) is 9.59 Å². The minimum atomic E-state index is -0.598. The smallest absolute Gasteiger partial charge is 0.228 e. The van der Waals surface area contributed by atoms with Crippen molar-refractivity contribution in [1.29, 1.82) is 0 Å². The third-order valence-electron chi connectivity index (χ3n) is 8.15. The third-order valence-corrected chi connectivity index (χ3v) is 8.15. The second-order valence-corrected chi connectivity index (χ2v) is 9.15. The fourth-order valence-electron chi connectivity index (χ4n) is 6.88. The molecule has 0 saturated heterocycles. The summed E-state index contributed by atoms with van der Waals surface area (Å²) < 4.78 is 0. The quantitative estimate of drug-likeness (QED) is 0.751. The first-order chi connectivity index (χ1) is 10.8. The van der Waals surface area contributed by atoms with Gasteiger partial charge in [0.1, 0.15) is 5.92 Å². The molecule has 0 radical (unpaired) electrons. The average molecular weight is 315 g/mol. The zero-order chi connectivity index (χ0) is 16.4. The summed E-state index contributed by atoms with van der Waals surface area (Å²) in [5.41, 5.74) is 7.39. The lowest BCUT2D eigenvalue weighted by Crippen LogP contribution is -2.51. The van der Waals surface area contributed by atoms with E-state index < -0.39 is 11.8 Å². The Morgan fingerprint density at radius 3 is 2.70 bits per heavy atom. The summed E-state index contributed by atoms with van der Waals surface area (Å²) in [5, 5.41) is 0. The van der Waals surface area contributed by atoms with Gasteiger partial charge in [-0.3, -0.25) is 9.59 Å². The lowest BCUT2D eigenvalue weighted by atomic mass is 9.47. The fourth-order valence-corrected chi connectivity index (χ4v) is 6.88. The number of fused-ring (bicyclic) bond motifs is 5. The van der Waals surface area contributed by atoms with Crippen molar-refractivity contribution in [1.82, 2.24) is 0 Å². The van der Waals surface area contributed by atoms with E-state index in [1.807, 2.05) is 0 Å². The molecule has 3 heteroatoms. The van der Waals surface area contributed by atoms with Gasteiger partial charge in [-0.05, 0) is 79.6 Å². The van der Waals surface area contributed by atoms with Gasteiger partial charge in [0.05, 0.1) is 0 Å². The topological polar surface area (TPSA) is 60.2 Å². The van der Waals surface area contributed by atoms with Gasteiger partial charge >= 0.3 is 0 Å². The molecule has 126 valence electrons. The number of hydrogen-bond acceptors (Lipinski definition) is 2. The SMILES string of the molecule is C[C@@]12CCC[C@H]1[C@@H]1CCC3=CC(=O)C(C(N)=O)C[C@]3(C)[C@@H]1CC2. The molecule has 1 amide bonds. The van der Waals surface area contributed by atoms with Crippen molar-refractivity contribution in [2.24, 2.45) is 40.2 Å². The second kappa shape index (κ2) is 4.94. The lowest BCUT2D eigenvalue weighted by Gasteiger charge is -2.57. The molecule has 4 aliphatic carbocycles. The van der Waals surface area contributed by atoms with Gasteiger partial charge in [-0.15, -0.1) is 0 Å². The highest BCUT2D eigenvalue weighted by molar-refractivity contribution is 6.07. The highest BCUT2D eigenvalue weighted by atomic mass is 16.2. The minimum absolute atomic E-state index is 0.0143. The first-order valence-electron chi connectivity index (χ1n) is 9.39. The lowest BCUT2D eigenvalue weighted by molar-refractivity contribution is -0.133. The Kier molecular flexibility index (Phi) is 3.31. The van der Waals surface area contributed by atoms with Crippen LogP contribution < -0.4 is 5.73 Å². The molecule has 6 atom stereocenters. The van der Waals surface area contributed by atoms with Crippen molar-refractivity contribution in [3.05, 3.63) is 11.6 Å². The molecule has 0 aliphatic heterocycles. The summed E-state index contributed by atoms with van der Waals surface area (Å²) in [6, 6.07) is 0. The molecule has 3 saturated carbocycles. The van der Waals surface area contributed by atoms with Crippen LogP contribution in [0.2, 0.25) is 0 Å². The standard InChI is InChI=1S/C20H29NO2/c1-19-8-3-4-15(19)13-6-5-12-10-17(22)14(18(21)23)11-20(12,2)16(13)7-9-19/h10,13-16H,3-9,11H2,1-2H3,(H2,21,23)/t13-,14?,15-,16+,19-,20-/m0/s1. The van der Waals surface area contributed by atoms with E-state index >= 15 is 0 Å². The molecule has 4 aliphatic rings. The molecular formula is C20H29NO2. The van der Waals surface area contributed by atoms with Crippen LogP contribution in [-0.4, -0.2) is 11.7 Å². The first-order valence-corrected chi connectivity index (χ1v) is 9.39. The van der Waals surface area contributed by atoms with Crippen molar-refractivity contribution in [2.75, 3.05) is 0 Å². The van der Waals surface area contributed by atoms with Crippen LogP contribution in [0.3, 0.4) is 0 Å². The highest BCUT2D eigenvalue weighted by Gasteiger charge is 2.57. The Hall–Kier alpha value is -1.12. The fraction of sp³-hybridized carbons (Fsp3) is 0.800. The molecule has 0 spiro atoms. The number of carbonyl (C=O) groups excluding carboxylic acids is 2. The van der Waals surface area contributed by atoms with E-state index in [4.69, 9.17) is 5.73 Å². The van der Waals surface area contributed by atoms with E-state index in [0.29, 0.717) is 17.8 Å². The van der Waals surface area contributed by atoms with Gasteiger partial charge in [-0.1, -0.05) is 25.8 Å². The zero-order valence-corrected chi connectivity index (χ0v) is 14.4. The summed E-state index contributed by atoms with van der Waals surface area (Å²) >= 11 is 0. The average Bonchev–Trinajstić information content (AvgIpc) is 2.89. The van der Waals surface area contributed by atoms with Gasteiger partial charge in [0.2, 0.25) is 5.91 Å². The molecule has 0 bridgehead atoms. The number of primary amides is 1. The Balaban J connectivity index is 1.70. The Morgan fingerprint density at radius 2 is 1.96 bits per heavy atom. The Morgan fingerprint density at radius 1 is 1.17 bits per heavy atom. The van der Waals surface area contributed by atoms with Crippen molar-refractivity contribution in [2.45, 2.75) is 65.2 Å². The van der Waals surface area contributed by atoms with Crippen LogP contribution >= 0.6 is 0 Å². The van der Waals surface area contributed by atoms with E-state index in [0.717, 1.165) is 18.3 Å². The molecule has 1 unspecified atom stereocenters. The predicted octanol–water partition coefficient (Wildman–Crippen LogP) is 3.62. The van der Waals surface area contributed by atoms with Gasteiger partial charge in [0.25, 0.3) is 0 Å². The van der Waals surface area contributed by atoms with Crippen LogP contribution in [0, 0.1) is 34.5 Å². The first kappa shape index (κ1) is 15.4. The monoisotopic (exact) mass is 315 g/mol. The molecule has 3 fully saturated rings. The van der Waals surface area contributed by atoms with Crippen LogP contribution in [0.5, 0.6) is 0 Å². The number of carbonyl (C=O) groups is 2. The predicted molar refractivity (Wildman–Crippen MR) is 89.4 cm³/mol. The molecular weight excluding hydrogens is 286 g/mol. The minimum Gasteiger partial charge on any atom is -0.369 e. The maximum Gasteiger partial charge on any atom is 0.228 e. The zero-order valence-electron chi connectivity index (χ0n) is 14.4. The van der Waals surface area contributed by atoms with Gasteiger partial charge in [-0.2, -0.15) is 0 Å². The van der Waals surface area contributed by atoms with Gasteiger partial charge in [-0.25, -0.2) is 0 Å². The van der Waals surface area contributed by atoms with Gasteiger partial charge in [0, 0.05) is 0 Å². The van der Waals surface area contributed by atoms with Crippen molar-refractivity contribution in [3.63, 3.8) is 0 Å². The normalized spacial score (nSPS) is 49.0. The maximum absolute atomic E-state index is 12.2. The van der Waals surface area contributed by atoms with E-state index in [-0.39, 0.29) is 11.2 Å². The summed E-state index contributed by atoms with van der Waals surface area (Å²) in [6.45, 7) is 4.82. The van der Waals surface area contributed by atoms with Crippen LogP contribution in [-0.2, 0) is 9.59 Å². The van der Waals surface area contributed by atoms with Crippen LogP contribution in [0.15, 0.2) is 11.6 Å². The number of hydrogen-bond donors (Lipinski definition) is 1. The largest absolute Gasteiger partial charge is 0.369 e. The van der Waals surface area contributed by atoms with Crippen LogP contribution in [0.25, 0.3) is 0 Å². The van der Waals surface area contributed by atoms with E-state index in [2.05, 4.69) is 13.8 Å². The van der Waals surface area contributed by atoms with E-state index in [1.165, 1.54) is 44.1 Å². The summed E-state index contributed by atoms with van der Waals surface area (Å²) in [4.78, 5) is 24.0. The molecule has 0 aromatic heterocycles. The highest BCUT2D eigenvalue weighted by Crippen LogP contribution is 2.65. The number of rotatable bonds is 1.